The third kappa shape index (κ3) is 3.59. The maximum atomic E-state index is 6.04. The average Bonchev–Trinajstić information content (AvgIpc) is 2.80. The van der Waals surface area contributed by atoms with Crippen LogP contribution in [0.1, 0.15) is 57.2 Å². The van der Waals surface area contributed by atoms with Crippen molar-refractivity contribution < 1.29 is 9.26 Å². The van der Waals surface area contributed by atoms with Gasteiger partial charge in [0.2, 0.25) is 11.7 Å². The van der Waals surface area contributed by atoms with Crippen LogP contribution in [-0.2, 0) is 16.9 Å². The second-order valence-electron chi connectivity index (χ2n) is 5.16. The summed E-state index contributed by atoms with van der Waals surface area (Å²) in [6, 6.07) is 0. The molecule has 110 valence electrons. The largest absolute Gasteiger partial charge is 0.367 e. The molecular formula is C15H23N3O2. The monoisotopic (exact) mass is 277 g/mol. The average molecular weight is 277 g/mol. The first-order valence-corrected chi connectivity index (χ1v) is 7.42. The lowest BCUT2D eigenvalue weighted by molar-refractivity contribution is -0.0636. The molecule has 0 saturated heterocycles. The second kappa shape index (κ2) is 7.41. The summed E-state index contributed by atoms with van der Waals surface area (Å²) in [7, 11) is 0. The van der Waals surface area contributed by atoms with Crippen molar-refractivity contribution >= 4 is 0 Å². The summed E-state index contributed by atoms with van der Waals surface area (Å²) in [5.74, 6) is 3.78. The number of terminal acetylenes is 1. The van der Waals surface area contributed by atoms with E-state index in [9.17, 15) is 0 Å². The van der Waals surface area contributed by atoms with Crippen molar-refractivity contribution in [3.05, 3.63) is 11.7 Å². The van der Waals surface area contributed by atoms with Crippen LogP contribution in [0.15, 0.2) is 4.52 Å². The lowest BCUT2D eigenvalue weighted by Crippen LogP contribution is -2.31. The smallest absolute Gasteiger partial charge is 0.240 e. The maximum absolute atomic E-state index is 6.04. The fourth-order valence-corrected chi connectivity index (χ4v) is 2.76. The van der Waals surface area contributed by atoms with Gasteiger partial charge in [-0.25, -0.2) is 0 Å². The summed E-state index contributed by atoms with van der Waals surface area (Å²) in [4.78, 5) is 4.50. The molecule has 1 heterocycles. The molecule has 1 aliphatic carbocycles. The van der Waals surface area contributed by atoms with Crippen molar-refractivity contribution in [1.82, 2.24) is 15.5 Å². The molecule has 0 bridgehead atoms. The fraction of sp³-hybridized carbons (Fsp3) is 0.733. The third-order valence-corrected chi connectivity index (χ3v) is 3.71. The van der Waals surface area contributed by atoms with Crippen molar-refractivity contribution in [2.45, 2.75) is 57.6 Å². The summed E-state index contributed by atoms with van der Waals surface area (Å²) < 4.78 is 11.3. The van der Waals surface area contributed by atoms with Crippen molar-refractivity contribution in [1.29, 1.82) is 0 Å². The van der Waals surface area contributed by atoms with E-state index in [2.05, 4.69) is 21.4 Å². The maximum Gasteiger partial charge on any atom is 0.240 e. The minimum absolute atomic E-state index is 0.362. The summed E-state index contributed by atoms with van der Waals surface area (Å²) in [5.41, 5.74) is -0.362. The molecule has 0 spiro atoms. The molecule has 1 N–H and O–H groups in total. The first-order valence-electron chi connectivity index (χ1n) is 7.42. The molecule has 0 unspecified atom stereocenters. The molecule has 0 aliphatic heterocycles. The van der Waals surface area contributed by atoms with Crippen LogP contribution in [-0.4, -0.2) is 23.3 Å². The van der Waals surface area contributed by atoms with Gasteiger partial charge in [-0.1, -0.05) is 36.8 Å². The Hall–Kier alpha value is -1.38. The molecule has 1 aromatic heterocycles. The highest BCUT2D eigenvalue weighted by molar-refractivity contribution is 5.03. The van der Waals surface area contributed by atoms with Gasteiger partial charge < -0.3 is 9.26 Å². The summed E-state index contributed by atoms with van der Waals surface area (Å²) in [6.07, 6.45) is 11.9. The summed E-state index contributed by atoms with van der Waals surface area (Å²) in [6.45, 7) is 3.68. The quantitative estimate of drug-likeness (QED) is 0.491. The third-order valence-electron chi connectivity index (χ3n) is 3.71. The van der Waals surface area contributed by atoms with Gasteiger partial charge in [0, 0.05) is 6.61 Å². The number of rotatable bonds is 6. The van der Waals surface area contributed by atoms with Crippen LogP contribution in [0.5, 0.6) is 0 Å². The number of nitrogens with zero attached hydrogens (tertiary/aromatic N) is 2. The Balaban J connectivity index is 2.10. The molecule has 1 saturated carbocycles. The van der Waals surface area contributed by atoms with E-state index in [4.69, 9.17) is 15.7 Å². The molecule has 20 heavy (non-hydrogen) atoms. The van der Waals surface area contributed by atoms with Crippen molar-refractivity contribution in [2.75, 3.05) is 13.2 Å². The van der Waals surface area contributed by atoms with Gasteiger partial charge in [0.15, 0.2) is 0 Å². The Morgan fingerprint density at radius 2 is 2.10 bits per heavy atom. The van der Waals surface area contributed by atoms with Gasteiger partial charge in [-0.2, -0.15) is 4.98 Å². The van der Waals surface area contributed by atoms with Crippen LogP contribution < -0.4 is 5.32 Å². The first-order chi connectivity index (χ1) is 9.80. The molecule has 1 fully saturated rings. The van der Waals surface area contributed by atoms with E-state index in [0.717, 1.165) is 25.7 Å². The second-order valence-corrected chi connectivity index (χ2v) is 5.16. The molecule has 0 atom stereocenters. The predicted octanol–water partition coefficient (Wildman–Crippen LogP) is 2.38. The standard InChI is InChI=1S/C15H23N3O2/c1-3-11-16-12-13-17-14(18-20-13)15(19-4-2)9-7-5-6-8-10-15/h1,16H,4-12H2,2H3. The number of hydrogen-bond donors (Lipinski definition) is 1. The van der Waals surface area contributed by atoms with Gasteiger partial charge >= 0.3 is 0 Å². The lowest BCUT2D eigenvalue weighted by Gasteiger charge is -2.29. The van der Waals surface area contributed by atoms with Crippen LogP contribution >= 0.6 is 0 Å². The molecule has 1 aromatic rings. The van der Waals surface area contributed by atoms with Crippen molar-refractivity contribution in [3.8, 4) is 12.3 Å². The number of hydrogen-bond acceptors (Lipinski definition) is 5. The van der Waals surface area contributed by atoms with Crippen LogP contribution in [0.4, 0.5) is 0 Å². The van der Waals surface area contributed by atoms with E-state index in [0.29, 0.717) is 31.4 Å². The fourth-order valence-electron chi connectivity index (χ4n) is 2.76. The van der Waals surface area contributed by atoms with Gasteiger partial charge in [0.05, 0.1) is 13.1 Å². The molecule has 2 rings (SSSR count). The topological polar surface area (TPSA) is 60.2 Å². The number of nitrogens with one attached hydrogen (secondary N) is 1. The SMILES string of the molecule is C#CCNCc1nc(C2(OCC)CCCCCC2)no1. The highest BCUT2D eigenvalue weighted by atomic mass is 16.5. The van der Waals surface area contributed by atoms with Crippen LogP contribution in [0.25, 0.3) is 0 Å². The zero-order chi connectivity index (χ0) is 14.3. The lowest BCUT2D eigenvalue weighted by atomic mass is 9.93. The van der Waals surface area contributed by atoms with E-state index < -0.39 is 0 Å². The minimum atomic E-state index is -0.362. The normalized spacial score (nSPS) is 18.4. The minimum Gasteiger partial charge on any atom is -0.367 e. The Labute approximate surface area is 120 Å². The Morgan fingerprint density at radius 3 is 2.75 bits per heavy atom. The van der Waals surface area contributed by atoms with E-state index in [-0.39, 0.29) is 5.60 Å². The molecular weight excluding hydrogens is 254 g/mol. The van der Waals surface area contributed by atoms with E-state index in [1.54, 1.807) is 0 Å². The van der Waals surface area contributed by atoms with Gasteiger partial charge in [-0.3, -0.25) is 5.32 Å². The van der Waals surface area contributed by atoms with E-state index in [1.165, 1.54) is 12.8 Å². The van der Waals surface area contributed by atoms with Crippen LogP contribution in [0.2, 0.25) is 0 Å². The number of ether oxygens (including phenoxy) is 1. The highest BCUT2D eigenvalue weighted by Crippen LogP contribution is 2.37. The van der Waals surface area contributed by atoms with Crippen LogP contribution in [0.3, 0.4) is 0 Å². The zero-order valence-corrected chi connectivity index (χ0v) is 12.2. The Morgan fingerprint density at radius 1 is 1.35 bits per heavy atom. The van der Waals surface area contributed by atoms with Crippen molar-refractivity contribution in [3.63, 3.8) is 0 Å². The zero-order valence-electron chi connectivity index (χ0n) is 12.2. The molecule has 0 radical (unpaired) electrons. The van der Waals surface area contributed by atoms with Gasteiger partial charge in [-0.05, 0) is 19.8 Å². The molecule has 1 aliphatic rings. The highest BCUT2D eigenvalue weighted by Gasteiger charge is 2.38. The Kier molecular flexibility index (Phi) is 5.57. The Bertz CT molecular complexity index is 442. The van der Waals surface area contributed by atoms with Crippen LogP contribution in [0, 0.1) is 12.3 Å². The predicted molar refractivity (Wildman–Crippen MR) is 75.8 cm³/mol. The molecule has 0 amide bonds. The summed E-state index contributed by atoms with van der Waals surface area (Å²) in [5, 5.41) is 7.20. The molecule has 5 nitrogen and oxygen atoms in total. The first kappa shape index (κ1) is 15.0. The van der Waals surface area contributed by atoms with E-state index >= 15 is 0 Å². The molecule has 5 heteroatoms. The van der Waals surface area contributed by atoms with Crippen molar-refractivity contribution in [2.24, 2.45) is 0 Å². The molecule has 0 aromatic carbocycles. The van der Waals surface area contributed by atoms with Gasteiger partial charge in [0.1, 0.15) is 5.60 Å². The van der Waals surface area contributed by atoms with E-state index in [1.807, 2.05) is 6.92 Å². The van der Waals surface area contributed by atoms with Gasteiger partial charge in [0.25, 0.3) is 0 Å². The van der Waals surface area contributed by atoms with Gasteiger partial charge in [-0.15, -0.1) is 6.42 Å². The number of aromatic nitrogens is 2. The summed E-state index contributed by atoms with van der Waals surface area (Å²) >= 11 is 0.